The highest BCUT2D eigenvalue weighted by Crippen LogP contribution is 2.22. The van der Waals surface area contributed by atoms with Crippen LogP contribution in [0.15, 0.2) is 30.6 Å². The Labute approximate surface area is 110 Å². The third-order valence-electron chi connectivity index (χ3n) is 2.99. The first-order chi connectivity index (χ1) is 9.13. The summed E-state index contributed by atoms with van der Waals surface area (Å²) in [4.78, 5) is 16.2. The Morgan fingerprint density at radius 2 is 2.05 bits per heavy atom. The minimum atomic E-state index is -0.172. The summed E-state index contributed by atoms with van der Waals surface area (Å²) in [6, 6.07) is 7.81. The summed E-state index contributed by atoms with van der Waals surface area (Å²) >= 11 is 0. The van der Waals surface area contributed by atoms with Crippen molar-refractivity contribution in [2.45, 2.75) is 19.9 Å². The second-order valence-electron chi connectivity index (χ2n) is 4.68. The molecule has 0 saturated carbocycles. The van der Waals surface area contributed by atoms with Crippen LogP contribution in [0.2, 0.25) is 0 Å². The van der Waals surface area contributed by atoms with Crippen LogP contribution in [0, 0.1) is 6.92 Å². The molecule has 0 aliphatic heterocycles. The highest BCUT2D eigenvalue weighted by Gasteiger charge is 2.09. The maximum Gasteiger partial charge on any atom is 0.145 e. The lowest BCUT2D eigenvalue weighted by atomic mass is 10.1. The van der Waals surface area contributed by atoms with E-state index in [1.54, 1.807) is 6.33 Å². The molecule has 0 radical (unpaired) electrons. The summed E-state index contributed by atoms with van der Waals surface area (Å²) in [7, 11) is 0. The van der Waals surface area contributed by atoms with E-state index in [4.69, 9.17) is 5.73 Å². The van der Waals surface area contributed by atoms with Gasteiger partial charge in [-0.05, 0) is 32.0 Å². The molecule has 3 aromatic rings. The maximum atomic E-state index is 5.86. The van der Waals surface area contributed by atoms with Gasteiger partial charge in [0, 0.05) is 11.3 Å². The highest BCUT2D eigenvalue weighted by atomic mass is 14.9. The standard InChI is InChI=1S/C14H15N5/c1-8-5-12(19-14(18-8)9(2)15)10-3-4-11-13(6-10)17-7-16-11/h3-7,9H,15H2,1-2H3,(H,16,17). The maximum absolute atomic E-state index is 5.86. The van der Waals surface area contributed by atoms with Crippen LogP contribution in [-0.4, -0.2) is 19.9 Å². The van der Waals surface area contributed by atoms with Gasteiger partial charge in [-0.3, -0.25) is 0 Å². The average molecular weight is 253 g/mol. The van der Waals surface area contributed by atoms with Gasteiger partial charge in [0.05, 0.1) is 29.1 Å². The quantitative estimate of drug-likeness (QED) is 0.734. The molecule has 2 heterocycles. The van der Waals surface area contributed by atoms with Crippen LogP contribution in [0.25, 0.3) is 22.3 Å². The summed E-state index contributed by atoms with van der Waals surface area (Å²) in [5, 5.41) is 0. The number of rotatable bonds is 2. The molecule has 1 atom stereocenters. The van der Waals surface area contributed by atoms with Crippen molar-refractivity contribution >= 4 is 11.0 Å². The van der Waals surface area contributed by atoms with Crippen molar-refractivity contribution in [2.24, 2.45) is 5.73 Å². The summed E-state index contributed by atoms with van der Waals surface area (Å²) < 4.78 is 0. The van der Waals surface area contributed by atoms with Gasteiger partial charge in [0.25, 0.3) is 0 Å². The molecule has 5 nitrogen and oxygen atoms in total. The molecule has 5 heteroatoms. The molecule has 0 saturated heterocycles. The van der Waals surface area contributed by atoms with Crippen LogP contribution in [0.5, 0.6) is 0 Å². The van der Waals surface area contributed by atoms with Crippen molar-refractivity contribution in [2.75, 3.05) is 0 Å². The molecular weight excluding hydrogens is 238 g/mol. The number of fused-ring (bicyclic) bond motifs is 1. The lowest BCUT2D eigenvalue weighted by molar-refractivity contribution is 0.735. The number of aromatic nitrogens is 4. The first kappa shape index (κ1) is 11.8. The summed E-state index contributed by atoms with van der Waals surface area (Å²) in [6.45, 7) is 3.84. The summed E-state index contributed by atoms with van der Waals surface area (Å²) in [5.41, 5.74) is 10.6. The normalized spacial score (nSPS) is 12.8. The molecule has 19 heavy (non-hydrogen) atoms. The van der Waals surface area contributed by atoms with Crippen molar-refractivity contribution in [3.63, 3.8) is 0 Å². The molecule has 0 aliphatic rings. The minimum absolute atomic E-state index is 0.172. The van der Waals surface area contributed by atoms with Crippen molar-refractivity contribution in [3.05, 3.63) is 42.1 Å². The van der Waals surface area contributed by atoms with E-state index in [2.05, 4.69) is 19.9 Å². The van der Waals surface area contributed by atoms with Gasteiger partial charge in [-0.1, -0.05) is 6.07 Å². The number of nitrogens with zero attached hydrogens (tertiary/aromatic N) is 3. The van der Waals surface area contributed by atoms with Crippen molar-refractivity contribution in [1.29, 1.82) is 0 Å². The van der Waals surface area contributed by atoms with Gasteiger partial charge in [0.15, 0.2) is 0 Å². The third-order valence-corrected chi connectivity index (χ3v) is 2.99. The number of benzene rings is 1. The second-order valence-corrected chi connectivity index (χ2v) is 4.68. The zero-order valence-electron chi connectivity index (χ0n) is 10.9. The fourth-order valence-electron chi connectivity index (χ4n) is 2.04. The van der Waals surface area contributed by atoms with Gasteiger partial charge in [0.1, 0.15) is 5.82 Å². The zero-order chi connectivity index (χ0) is 13.4. The number of hydrogen-bond acceptors (Lipinski definition) is 4. The topological polar surface area (TPSA) is 80.5 Å². The molecule has 0 fully saturated rings. The zero-order valence-corrected chi connectivity index (χ0v) is 10.9. The molecule has 3 N–H and O–H groups in total. The summed E-state index contributed by atoms with van der Waals surface area (Å²) in [5.74, 6) is 0.666. The first-order valence-electron chi connectivity index (χ1n) is 6.18. The lowest BCUT2D eigenvalue weighted by Gasteiger charge is -2.08. The molecule has 96 valence electrons. The van der Waals surface area contributed by atoms with Crippen molar-refractivity contribution in [3.8, 4) is 11.3 Å². The number of aromatic amines is 1. The fraction of sp³-hybridized carbons (Fsp3) is 0.214. The second kappa shape index (κ2) is 4.44. The van der Waals surface area contributed by atoms with Crippen LogP contribution < -0.4 is 5.73 Å². The van der Waals surface area contributed by atoms with E-state index < -0.39 is 0 Å². The Balaban J connectivity index is 2.14. The summed E-state index contributed by atoms with van der Waals surface area (Å²) in [6.07, 6.45) is 1.69. The van der Waals surface area contributed by atoms with E-state index in [-0.39, 0.29) is 6.04 Å². The number of nitrogens with two attached hydrogens (primary N) is 1. The van der Waals surface area contributed by atoms with E-state index in [1.165, 1.54) is 0 Å². The van der Waals surface area contributed by atoms with Crippen LogP contribution >= 0.6 is 0 Å². The van der Waals surface area contributed by atoms with Gasteiger partial charge in [-0.25, -0.2) is 15.0 Å². The lowest BCUT2D eigenvalue weighted by Crippen LogP contribution is -2.11. The Morgan fingerprint density at radius 3 is 2.84 bits per heavy atom. The third kappa shape index (κ3) is 2.20. The van der Waals surface area contributed by atoms with Crippen LogP contribution in [0.4, 0.5) is 0 Å². The van der Waals surface area contributed by atoms with Crippen LogP contribution in [0.3, 0.4) is 0 Å². The van der Waals surface area contributed by atoms with Gasteiger partial charge in [0.2, 0.25) is 0 Å². The van der Waals surface area contributed by atoms with Gasteiger partial charge in [-0.2, -0.15) is 0 Å². The van der Waals surface area contributed by atoms with Gasteiger partial charge < -0.3 is 10.7 Å². The number of hydrogen-bond donors (Lipinski definition) is 2. The predicted molar refractivity (Wildman–Crippen MR) is 74.5 cm³/mol. The van der Waals surface area contributed by atoms with E-state index >= 15 is 0 Å². The monoisotopic (exact) mass is 253 g/mol. The Hall–Kier alpha value is -2.27. The Bertz CT molecular complexity index is 730. The van der Waals surface area contributed by atoms with Crippen LogP contribution in [0.1, 0.15) is 24.5 Å². The number of nitrogens with one attached hydrogen (secondary N) is 1. The van der Waals surface area contributed by atoms with Gasteiger partial charge >= 0.3 is 0 Å². The SMILES string of the molecule is Cc1cc(-c2ccc3nc[nH]c3c2)nc(C(C)N)n1. The molecule has 0 spiro atoms. The van der Waals surface area contributed by atoms with E-state index in [9.17, 15) is 0 Å². The fourth-order valence-corrected chi connectivity index (χ4v) is 2.04. The highest BCUT2D eigenvalue weighted by molar-refractivity contribution is 5.80. The number of aryl methyl sites for hydroxylation is 1. The predicted octanol–water partition coefficient (Wildman–Crippen LogP) is 2.35. The molecule has 0 amide bonds. The largest absolute Gasteiger partial charge is 0.345 e. The molecule has 1 unspecified atom stereocenters. The number of imidazole rings is 1. The minimum Gasteiger partial charge on any atom is -0.345 e. The molecular formula is C14H15N5. The molecule has 3 rings (SSSR count). The molecule has 1 aromatic carbocycles. The van der Waals surface area contributed by atoms with Crippen LogP contribution in [-0.2, 0) is 0 Å². The van der Waals surface area contributed by atoms with Crippen molar-refractivity contribution in [1.82, 2.24) is 19.9 Å². The number of H-pyrrole nitrogens is 1. The van der Waals surface area contributed by atoms with E-state index in [0.717, 1.165) is 28.0 Å². The Morgan fingerprint density at radius 1 is 1.21 bits per heavy atom. The van der Waals surface area contributed by atoms with Gasteiger partial charge in [-0.15, -0.1) is 0 Å². The van der Waals surface area contributed by atoms with E-state index in [0.29, 0.717) is 5.82 Å². The average Bonchev–Trinajstić information content (AvgIpc) is 2.85. The smallest absolute Gasteiger partial charge is 0.145 e. The molecule has 0 bridgehead atoms. The first-order valence-corrected chi connectivity index (χ1v) is 6.18. The van der Waals surface area contributed by atoms with Crippen molar-refractivity contribution < 1.29 is 0 Å². The Kier molecular flexibility index (Phi) is 2.76. The molecule has 0 aliphatic carbocycles. The van der Waals surface area contributed by atoms with E-state index in [1.807, 2.05) is 38.1 Å². The molecule has 2 aromatic heterocycles.